The lowest BCUT2D eigenvalue weighted by molar-refractivity contribution is 0.218. The number of hydrogen-bond donors (Lipinski definition) is 2. The van der Waals surface area contributed by atoms with Crippen LogP contribution in [0.4, 0.5) is 5.69 Å². The third-order valence-corrected chi connectivity index (χ3v) is 8.33. The number of ether oxygens (including phenoxy) is 1. The molecule has 0 aliphatic carbocycles. The van der Waals surface area contributed by atoms with Crippen LogP contribution in [0, 0.1) is 0 Å². The van der Waals surface area contributed by atoms with Gasteiger partial charge in [0, 0.05) is 35.8 Å². The minimum Gasteiger partial charge on any atom is -0.396 e. The van der Waals surface area contributed by atoms with Gasteiger partial charge in [-0.3, -0.25) is 8.89 Å². The summed E-state index contributed by atoms with van der Waals surface area (Å²) in [7, 11) is 0.312. The van der Waals surface area contributed by atoms with Crippen LogP contribution in [-0.2, 0) is 22.1 Å². The van der Waals surface area contributed by atoms with Crippen LogP contribution in [0.1, 0.15) is 0 Å². The molecule has 0 fully saturated rings. The number of thiophene rings is 1. The van der Waals surface area contributed by atoms with Gasteiger partial charge in [-0.15, -0.1) is 11.3 Å². The first-order chi connectivity index (χ1) is 16.6. The molecule has 174 valence electrons. The van der Waals surface area contributed by atoms with E-state index in [2.05, 4.69) is 10.1 Å². The van der Waals surface area contributed by atoms with E-state index in [-0.39, 0.29) is 6.61 Å². The van der Waals surface area contributed by atoms with Gasteiger partial charge in [-0.25, -0.2) is 9.97 Å². The van der Waals surface area contributed by atoms with Crippen LogP contribution < -0.4 is 5.73 Å². The van der Waals surface area contributed by atoms with Crippen molar-refractivity contribution in [3.8, 4) is 22.4 Å². The minimum atomic E-state index is -1.28. The number of nitrogens with zero attached hydrogens (tertiary/aromatic N) is 4. The Bertz CT molecular complexity index is 1500. The number of nitrogen functional groups attached to an aromatic ring is 1. The Morgan fingerprint density at radius 1 is 1.21 bits per heavy atom. The summed E-state index contributed by atoms with van der Waals surface area (Å²) in [6.07, 6.45) is 3.61. The van der Waals surface area contributed by atoms with E-state index in [1.807, 2.05) is 48.7 Å². The fourth-order valence-corrected chi connectivity index (χ4v) is 6.40. The maximum Gasteiger partial charge on any atom is 0.181 e. The number of hydrogen-bond acceptors (Lipinski definition) is 8. The predicted molar refractivity (Wildman–Crippen MR) is 136 cm³/mol. The fraction of sp³-hybridized carbons (Fsp3) is 0.208. The van der Waals surface area contributed by atoms with Crippen molar-refractivity contribution in [2.75, 3.05) is 31.8 Å². The van der Waals surface area contributed by atoms with Crippen molar-refractivity contribution in [3.05, 3.63) is 54.9 Å². The van der Waals surface area contributed by atoms with Crippen molar-refractivity contribution >= 4 is 49.1 Å². The summed E-state index contributed by atoms with van der Waals surface area (Å²) in [5, 5.41) is 15.2. The van der Waals surface area contributed by atoms with Crippen molar-refractivity contribution in [2.24, 2.45) is 0 Å². The average Bonchev–Trinajstić information content (AvgIpc) is 3.42. The molecule has 0 spiro atoms. The Kier molecular flexibility index (Phi) is 6.38. The SMILES string of the molecule is COCC[S@](=O)c1sc2nc(-c3cnc4nn(CCO)cc4c3)cc(-c3ccccc3)c2c1N. The zero-order valence-electron chi connectivity index (χ0n) is 18.5. The summed E-state index contributed by atoms with van der Waals surface area (Å²) in [5.74, 6) is 0.374. The maximum absolute atomic E-state index is 12.9. The van der Waals surface area contributed by atoms with Gasteiger partial charge < -0.3 is 15.6 Å². The molecule has 1 atom stereocenters. The molecule has 1 aromatic carbocycles. The van der Waals surface area contributed by atoms with E-state index in [1.165, 1.54) is 11.3 Å². The number of benzene rings is 1. The number of anilines is 1. The number of aliphatic hydroxyl groups excluding tert-OH is 1. The highest BCUT2D eigenvalue weighted by Gasteiger charge is 2.21. The van der Waals surface area contributed by atoms with Gasteiger partial charge in [0.2, 0.25) is 0 Å². The molecule has 0 amide bonds. The molecular formula is C24H23N5O3S2. The molecule has 5 aromatic rings. The second-order valence-corrected chi connectivity index (χ2v) is 10.5. The lowest BCUT2D eigenvalue weighted by atomic mass is 10.0. The Balaban J connectivity index is 1.69. The van der Waals surface area contributed by atoms with Crippen molar-refractivity contribution in [3.63, 3.8) is 0 Å². The molecule has 3 N–H and O–H groups in total. The van der Waals surface area contributed by atoms with Crippen molar-refractivity contribution in [2.45, 2.75) is 10.8 Å². The summed E-state index contributed by atoms with van der Waals surface area (Å²) in [5.41, 5.74) is 11.2. The second-order valence-electron chi connectivity index (χ2n) is 7.70. The molecule has 0 bridgehead atoms. The Labute approximate surface area is 202 Å². The average molecular weight is 494 g/mol. The van der Waals surface area contributed by atoms with Crippen LogP contribution in [0.2, 0.25) is 0 Å². The van der Waals surface area contributed by atoms with Crippen LogP contribution in [0.25, 0.3) is 43.6 Å². The Hall–Kier alpha value is -3.18. The molecule has 0 aliphatic rings. The lowest BCUT2D eigenvalue weighted by Gasteiger charge is -2.09. The molecule has 0 aliphatic heterocycles. The molecule has 0 radical (unpaired) electrons. The van der Waals surface area contributed by atoms with Crippen LogP contribution >= 0.6 is 11.3 Å². The molecule has 0 saturated heterocycles. The highest BCUT2D eigenvalue weighted by molar-refractivity contribution is 7.87. The van der Waals surface area contributed by atoms with Crippen LogP contribution in [-0.4, -0.2) is 55.1 Å². The molecule has 5 rings (SSSR count). The minimum absolute atomic E-state index is 0.00733. The van der Waals surface area contributed by atoms with E-state index < -0.39 is 10.8 Å². The van der Waals surface area contributed by atoms with Gasteiger partial charge in [0.15, 0.2) is 5.65 Å². The number of aliphatic hydroxyl groups is 1. The van der Waals surface area contributed by atoms with Crippen molar-refractivity contribution in [1.82, 2.24) is 19.7 Å². The summed E-state index contributed by atoms with van der Waals surface area (Å²) < 4.78 is 20.3. The summed E-state index contributed by atoms with van der Waals surface area (Å²) >= 11 is 1.36. The van der Waals surface area contributed by atoms with E-state index in [1.54, 1.807) is 18.0 Å². The van der Waals surface area contributed by atoms with Crippen molar-refractivity contribution in [1.29, 1.82) is 0 Å². The van der Waals surface area contributed by atoms with E-state index in [4.69, 9.17) is 15.5 Å². The lowest BCUT2D eigenvalue weighted by Crippen LogP contribution is -2.04. The number of pyridine rings is 2. The standard InChI is InChI=1S/C24H23N5O3S2/c1-32-9-10-34(31)24-21(25)20-18(15-5-3-2-4-6-15)12-19(27-23(20)33-24)16-11-17-14-29(7-8-30)28-22(17)26-13-16/h2-6,11-14,30H,7-10,25H2,1H3/t34-/m0/s1. The van der Waals surface area contributed by atoms with E-state index in [0.29, 0.717) is 34.4 Å². The topological polar surface area (TPSA) is 116 Å². The molecule has 8 nitrogen and oxygen atoms in total. The van der Waals surface area contributed by atoms with Gasteiger partial charge >= 0.3 is 0 Å². The Morgan fingerprint density at radius 3 is 2.79 bits per heavy atom. The summed E-state index contributed by atoms with van der Waals surface area (Å²) in [6, 6.07) is 14.0. The van der Waals surface area contributed by atoms with E-state index in [9.17, 15) is 9.32 Å². The van der Waals surface area contributed by atoms with Gasteiger partial charge in [-0.2, -0.15) is 5.10 Å². The molecular weight excluding hydrogens is 470 g/mol. The fourth-order valence-electron chi connectivity index (χ4n) is 3.84. The summed E-state index contributed by atoms with van der Waals surface area (Å²) in [6.45, 7) is 0.805. The highest BCUT2D eigenvalue weighted by atomic mass is 32.2. The smallest absolute Gasteiger partial charge is 0.181 e. The summed E-state index contributed by atoms with van der Waals surface area (Å²) in [4.78, 5) is 10.1. The monoisotopic (exact) mass is 493 g/mol. The number of methoxy groups -OCH3 is 1. The second kappa shape index (κ2) is 9.59. The molecule has 4 heterocycles. The van der Waals surface area contributed by atoms with Crippen LogP contribution in [0.3, 0.4) is 0 Å². The first-order valence-corrected chi connectivity index (χ1v) is 12.8. The van der Waals surface area contributed by atoms with Gasteiger partial charge in [0.1, 0.15) is 9.04 Å². The molecule has 0 saturated carbocycles. The number of nitrogens with two attached hydrogens (primary N) is 1. The number of fused-ring (bicyclic) bond motifs is 2. The van der Waals surface area contributed by atoms with Gasteiger partial charge in [0.05, 0.1) is 47.7 Å². The van der Waals surface area contributed by atoms with Crippen LogP contribution in [0.5, 0.6) is 0 Å². The third kappa shape index (κ3) is 4.21. The van der Waals surface area contributed by atoms with Gasteiger partial charge in [-0.1, -0.05) is 30.3 Å². The van der Waals surface area contributed by atoms with E-state index in [0.717, 1.165) is 38.0 Å². The first kappa shape index (κ1) is 22.6. The van der Waals surface area contributed by atoms with Crippen molar-refractivity contribution < 1.29 is 14.1 Å². The number of rotatable bonds is 8. The first-order valence-electron chi connectivity index (χ1n) is 10.7. The molecule has 34 heavy (non-hydrogen) atoms. The third-order valence-electron chi connectivity index (χ3n) is 5.46. The van der Waals surface area contributed by atoms with E-state index >= 15 is 0 Å². The zero-order chi connectivity index (χ0) is 23.7. The number of aromatic nitrogens is 4. The predicted octanol–water partition coefficient (Wildman–Crippen LogP) is 3.70. The van der Waals surface area contributed by atoms with Gasteiger partial charge in [0.25, 0.3) is 0 Å². The van der Waals surface area contributed by atoms with Gasteiger partial charge in [-0.05, 0) is 23.3 Å². The quantitative estimate of drug-likeness (QED) is 0.338. The largest absolute Gasteiger partial charge is 0.396 e. The molecule has 10 heteroatoms. The molecule has 0 unspecified atom stereocenters. The maximum atomic E-state index is 12.9. The normalized spacial score (nSPS) is 12.5. The molecule has 4 aromatic heterocycles. The van der Waals surface area contributed by atoms with Crippen LogP contribution in [0.15, 0.2) is 59.1 Å². The Morgan fingerprint density at radius 2 is 2.03 bits per heavy atom. The highest BCUT2D eigenvalue weighted by Crippen LogP contribution is 2.42. The zero-order valence-corrected chi connectivity index (χ0v) is 20.1.